The van der Waals surface area contributed by atoms with Crippen LogP contribution in [0.5, 0.6) is 0 Å². The number of amides is 3. The first-order valence-corrected chi connectivity index (χ1v) is 16.5. The second-order valence-electron chi connectivity index (χ2n) is 9.09. The molecule has 0 heterocycles. The normalized spacial score (nSPS) is 12.0. The van der Waals surface area contributed by atoms with E-state index in [4.69, 9.17) is 0 Å². The Kier molecular flexibility index (Phi) is 32.4. The largest absolute Gasteiger partial charge is 0.381 e. The summed E-state index contributed by atoms with van der Waals surface area (Å²) in [5.74, 6) is -1.62. The first-order chi connectivity index (χ1) is 13.7. The van der Waals surface area contributed by atoms with Gasteiger partial charge in [0, 0.05) is 56.4 Å². The third-order valence-electron chi connectivity index (χ3n) is 4.61. The molecule has 0 saturated carbocycles. The Bertz CT molecular complexity index is 542. The topological polar surface area (TPSA) is 118 Å². The van der Waals surface area contributed by atoms with Crippen molar-refractivity contribution in [3.05, 3.63) is 0 Å². The van der Waals surface area contributed by atoms with Crippen LogP contribution in [0.4, 0.5) is 0 Å². The monoisotopic (exact) mass is 736 g/mol. The number of halogens is 2. The molecule has 10 heteroatoms. The molecule has 0 aliphatic heterocycles. The summed E-state index contributed by atoms with van der Waals surface area (Å²) in [4.78, 5) is 38.0. The Labute approximate surface area is 240 Å². The predicted molar refractivity (Wildman–Crippen MR) is 168 cm³/mol. The number of nitrogens with zero attached hydrogens (tertiary/aromatic N) is 2. The Hall–Kier alpha value is -0.0500. The van der Waals surface area contributed by atoms with Crippen molar-refractivity contribution in [2.75, 3.05) is 7.05 Å². The summed E-state index contributed by atoms with van der Waals surface area (Å²) in [5.41, 5.74) is -4.52. The van der Waals surface area contributed by atoms with E-state index in [1.807, 2.05) is 20.8 Å². The van der Waals surface area contributed by atoms with Gasteiger partial charge in [0.15, 0.2) is 0 Å². The standard InChI is InChI=1S/C12H23NO4.C9H19NO2.4CH4.I2/c1-7-8(2)13(9(14)11(3,4)16)10(15)12(5,6)17;1-6-7(2)10(5)8(11)9(3,4)12;;;;;1-2/h8,16-17H,7H2,1-6H3;7,12H,6H2,1-5H3;4*1H4;. The Morgan fingerprint density at radius 1 is 0.657 bits per heavy atom. The fourth-order valence-corrected chi connectivity index (χ4v) is 2.17. The van der Waals surface area contributed by atoms with Gasteiger partial charge in [-0.3, -0.25) is 19.3 Å². The van der Waals surface area contributed by atoms with Gasteiger partial charge >= 0.3 is 0 Å². The minimum Gasteiger partial charge on any atom is -0.381 e. The van der Waals surface area contributed by atoms with Crippen LogP contribution in [-0.4, -0.2) is 78.8 Å². The van der Waals surface area contributed by atoms with Gasteiger partial charge in [-0.15, -0.1) is 0 Å². The fourth-order valence-electron chi connectivity index (χ4n) is 2.17. The highest BCUT2D eigenvalue weighted by molar-refractivity contribution is 15.0. The summed E-state index contributed by atoms with van der Waals surface area (Å²) < 4.78 is 0. The van der Waals surface area contributed by atoms with Crippen LogP contribution in [0, 0.1) is 0 Å². The molecule has 0 aromatic rings. The molecule has 0 aliphatic rings. The number of carbonyl (C=O) groups excluding carboxylic acids is 3. The highest BCUT2D eigenvalue weighted by atomic mass is 128. The summed E-state index contributed by atoms with van der Waals surface area (Å²) in [6, 6.07) is -0.184. The zero-order chi connectivity index (χ0) is 26.0. The van der Waals surface area contributed by atoms with Gasteiger partial charge in [-0.05, 0) is 68.2 Å². The van der Waals surface area contributed by atoms with Gasteiger partial charge in [0.2, 0.25) is 0 Å². The van der Waals surface area contributed by atoms with Crippen LogP contribution in [0.2, 0.25) is 0 Å². The van der Waals surface area contributed by atoms with E-state index >= 15 is 0 Å². The van der Waals surface area contributed by atoms with E-state index in [-0.39, 0.29) is 47.7 Å². The molecule has 0 radical (unpaired) electrons. The van der Waals surface area contributed by atoms with Gasteiger partial charge in [0.25, 0.3) is 17.7 Å². The number of aliphatic hydroxyl groups is 3. The predicted octanol–water partition coefficient (Wildman–Crippen LogP) is 6.01. The first kappa shape index (κ1) is 51.6. The van der Waals surface area contributed by atoms with E-state index in [0.29, 0.717) is 6.42 Å². The molecule has 3 N–H and O–H groups in total. The Morgan fingerprint density at radius 3 is 1.06 bits per heavy atom. The lowest BCUT2D eigenvalue weighted by Gasteiger charge is -2.34. The van der Waals surface area contributed by atoms with Gasteiger partial charge < -0.3 is 20.2 Å². The van der Waals surface area contributed by atoms with Crippen molar-refractivity contribution in [2.45, 2.75) is 141 Å². The van der Waals surface area contributed by atoms with E-state index in [0.717, 1.165) is 11.3 Å². The molecule has 0 aromatic heterocycles. The zero-order valence-corrected chi connectivity index (χ0v) is 25.1. The second kappa shape index (κ2) is 22.0. The minimum absolute atomic E-state index is 0. The number of hydrogen-bond acceptors (Lipinski definition) is 6. The maximum absolute atomic E-state index is 12.0. The van der Waals surface area contributed by atoms with E-state index in [9.17, 15) is 29.7 Å². The molecule has 0 aliphatic carbocycles. The van der Waals surface area contributed by atoms with Gasteiger partial charge in [-0.1, -0.05) is 43.6 Å². The van der Waals surface area contributed by atoms with Crippen molar-refractivity contribution in [1.82, 2.24) is 9.80 Å². The molecule has 0 fully saturated rings. The van der Waals surface area contributed by atoms with Crippen molar-refractivity contribution >= 4 is 55.0 Å². The molecule has 0 spiro atoms. The quantitative estimate of drug-likeness (QED) is 0.276. The molecule has 0 bridgehead atoms. The summed E-state index contributed by atoms with van der Waals surface area (Å²) in [7, 11) is 1.72. The maximum Gasteiger partial charge on any atom is 0.260 e. The van der Waals surface area contributed by atoms with Gasteiger partial charge in [0.1, 0.15) is 16.8 Å². The smallest absolute Gasteiger partial charge is 0.260 e. The van der Waals surface area contributed by atoms with E-state index in [2.05, 4.69) is 37.2 Å². The van der Waals surface area contributed by atoms with Crippen LogP contribution in [0.1, 0.15) is 112 Å². The third kappa shape index (κ3) is 19.7. The second-order valence-corrected chi connectivity index (χ2v) is 9.09. The van der Waals surface area contributed by atoms with Crippen LogP contribution >= 0.6 is 37.2 Å². The molecule has 0 aromatic carbocycles. The molecule has 35 heavy (non-hydrogen) atoms. The highest BCUT2D eigenvalue weighted by Gasteiger charge is 2.40. The van der Waals surface area contributed by atoms with Crippen molar-refractivity contribution in [1.29, 1.82) is 0 Å². The molecule has 8 nitrogen and oxygen atoms in total. The average Bonchev–Trinajstić information content (AvgIpc) is 2.65. The number of imide groups is 1. The SMILES string of the molecule is C.C.C.C.CCC(C)N(C(=O)C(C)(C)O)C(=O)C(C)(C)O.CCC(C)N(C)C(=O)C(C)(C)O.II. The lowest BCUT2D eigenvalue weighted by atomic mass is 10.0. The van der Waals surface area contributed by atoms with E-state index in [1.165, 1.54) is 41.5 Å². The van der Waals surface area contributed by atoms with Crippen molar-refractivity contribution < 1.29 is 29.7 Å². The molecule has 0 rings (SSSR count). The minimum atomic E-state index is -1.63. The van der Waals surface area contributed by atoms with Gasteiger partial charge in [-0.25, -0.2) is 0 Å². The Morgan fingerprint density at radius 2 is 0.886 bits per heavy atom. The van der Waals surface area contributed by atoms with Gasteiger partial charge in [-0.2, -0.15) is 0 Å². The van der Waals surface area contributed by atoms with Crippen molar-refractivity contribution in [3.63, 3.8) is 0 Å². The molecule has 0 saturated heterocycles. The first-order valence-electron chi connectivity index (χ1n) is 10.2. The van der Waals surface area contributed by atoms with Gasteiger partial charge in [0.05, 0.1) is 0 Å². The lowest BCUT2D eigenvalue weighted by Crippen LogP contribution is -2.57. The summed E-state index contributed by atoms with van der Waals surface area (Å²) >= 11 is 4.24. The van der Waals surface area contributed by atoms with Crippen molar-refractivity contribution in [2.24, 2.45) is 0 Å². The maximum atomic E-state index is 12.0. The molecule has 218 valence electrons. The fraction of sp³-hybridized carbons (Fsp3) is 0.880. The molecular weight excluding hydrogens is 678 g/mol. The summed E-state index contributed by atoms with van der Waals surface area (Å²) in [6.07, 6.45) is 1.46. The number of likely N-dealkylation sites (N-methyl/N-ethyl adjacent to an activating group) is 1. The number of hydrogen-bond donors (Lipinski definition) is 3. The van der Waals surface area contributed by atoms with Crippen LogP contribution in [0.3, 0.4) is 0 Å². The van der Waals surface area contributed by atoms with E-state index in [1.54, 1.807) is 18.9 Å². The summed E-state index contributed by atoms with van der Waals surface area (Å²) in [5, 5.41) is 28.8. The molecule has 2 atom stereocenters. The number of rotatable bonds is 7. The Balaban J connectivity index is -0.0000000783. The highest BCUT2D eigenvalue weighted by Crippen LogP contribution is 2.18. The van der Waals surface area contributed by atoms with Crippen LogP contribution in [-0.2, 0) is 14.4 Å². The van der Waals surface area contributed by atoms with Crippen LogP contribution < -0.4 is 0 Å². The van der Waals surface area contributed by atoms with Crippen LogP contribution in [0.25, 0.3) is 0 Å². The molecule has 2 unspecified atom stereocenters. The average molecular weight is 737 g/mol. The zero-order valence-electron chi connectivity index (χ0n) is 20.8. The number of carbonyl (C=O) groups is 3. The van der Waals surface area contributed by atoms with Crippen LogP contribution in [0.15, 0.2) is 0 Å². The molecular formula is C25H58I2N2O6. The molecule has 3 amide bonds. The van der Waals surface area contributed by atoms with E-state index < -0.39 is 28.6 Å². The third-order valence-corrected chi connectivity index (χ3v) is 4.61. The van der Waals surface area contributed by atoms with Crippen molar-refractivity contribution in [3.8, 4) is 0 Å². The lowest BCUT2D eigenvalue weighted by molar-refractivity contribution is -0.167. The summed E-state index contributed by atoms with van der Waals surface area (Å²) in [6.45, 7) is 15.8.